The van der Waals surface area contributed by atoms with Crippen molar-refractivity contribution in [3.8, 4) is 5.82 Å². The molecule has 7 heteroatoms. The molecular weight excluding hydrogens is 384 g/mol. The van der Waals surface area contributed by atoms with E-state index in [2.05, 4.69) is 44.2 Å². The predicted octanol–water partition coefficient (Wildman–Crippen LogP) is 3.07. The zero-order chi connectivity index (χ0) is 19.8. The van der Waals surface area contributed by atoms with E-state index in [1.807, 2.05) is 28.6 Å². The summed E-state index contributed by atoms with van der Waals surface area (Å²) in [6.45, 7) is 2.82. The van der Waals surface area contributed by atoms with Gasteiger partial charge in [0.15, 0.2) is 5.82 Å². The minimum Gasteiger partial charge on any atom is -0.383 e. The van der Waals surface area contributed by atoms with Gasteiger partial charge in [-0.3, -0.25) is 4.79 Å². The summed E-state index contributed by atoms with van der Waals surface area (Å²) in [7, 11) is 1.73. The molecule has 0 unspecified atom stereocenters. The SMILES string of the molecule is COCCN1c2cccnc2-n2cccc2[C@]12CCN(C(=O)Cc1ccsc1)C2. The van der Waals surface area contributed by atoms with E-state index in [0.29, 0.717) is 19.6 Å². The summed E-state index contributed by atoms with van der Waals surface area (Å²) in [6, 6.07) is 10.4. The van der Waals surface area contributed by atoms with Gasteiger partial charge in [-0.05, 0) is 53.1 Å². The zero-order valence-corrected chi connectivity index (χ0v) is 17.3. The highest BCUT2D eigenvalue weighted by Gasteiger charge is 2.50. The van der Waals surface area contributed by atoms with Gasteiger partial charge >= 0.3 is 0 Å². The molecule has 0 saturated carbocycles. The van der Waals surface area contributed by atoms with Crippen LogP contribution in [0.1, 0.15) is 17.7 Å². The second-order valence-corrected chi connectivity index (χ2v) is 8.44. The van der Waals surface area contributed by atoms with Crippen molar-refractivity contribution in [1.29, 1.82) is 0 Å². The highest BCUT2D eigenvalue weighted by Crippen LogP contribution is 2.46. The Morgan fingerprint density at radius 3 is 3.07 bits per heavy atom. The smallest absolute Gasteiger partial charge is 0.227 e. The van der Waals surface area contributed by atoms with Crippen LogP contribution in [0.2, 0.25) is 0 Å². The lowest BCUT2D eigenvalue weighted by Gasteiger charge is -2.47. The maximum absolute atomic E-state index is 13.0. The molecule has 1 atom stereocenters. The summed E-state index contributed by atoms with van der Waals surface area (Å²) in [5.74, 6) is 1.14. The molecule has 1 saturated heterocycles. The summed E-state index contributed by atoms with van der Waals surface area (Å²) in [6.07, 6.45) is 5.27. The number of thiophene rings is 1. The van der Waals surface area contributed by atoms with Crippen LogP contribution in [0.4, 0.5) is 5.69 Å². The van der Waals surface area contributed by atoms with Crippen LogP contribution in [0.5, 0.6) is 0 Å². The van der Waals surface area contributed by atoms with E-state index in [1.54, 1.807) is 18.4 Å². The molecule has 6 nitrogen and oxygen atoms in total. The molecule has 5 rings (SSSR count). The van der Waals surface area contributed by atoms with Gasteiger partial charge in [0.1, 0.15) is 5.54 Å². The third kappa shape index (κ3) is 2.96. The van der Waals surface area contributed by atoms with Crippen molar-refractivity contribution in [1.82, 2.24) is 14.5 Å². The van der Waals surface area contributed by atoms with Gasteiger partial charge in [0, 0.05) is 39.1 Å². The third-order valence-electron chi connectivity index (χ3n) is 6.08. The zero-order valence-electron chi connectivity index (χ0n) is 16.5. The maximum atomic E-state index is 13.0. The van der Waals surface area contributed by atoms with Gasteiger partial charge in [0.25, 0.3) is 0 Å². The van der Waals surface area contributed by atoms with Gasteiger partial charge in [-0.2, -0.15) is 11.3 Å². The number of carbonyl (C=O) groups excluding carboxylic acids is 1. The van der Waals surface area contributed by atoms with Gasteiger partial charge in [0.05, 0.1) is 24.4 Å². The molecular formula is C22H24N4O2S. The van der Waals surface area contributed by atoms with Crippen LogP contribution in [0.15, 0.2) is 53.5 Å². The fourth-order valence-electron chi connectivity index (χ4n) is 4.73. The largest absolute Gasteiger partial charge is 0.383 e. The first-order valence-electron chi connectivity index (χ1n) is 9.91. The van der Waals surface area contributed by atoms with Crippen molar-refractivity contribution in [2.75, 3.05) is 38.3 Å². The third-order valence-corrected chi connectivity index (χ3v) is 6.81. The second-order valence-electron chi connectivity index (χ2n) is 7.66. The monoisotopic (exact) mass is 408 g/mol. The predicted molar refractivity (Wildman–Crippen MR) is 114 cm³/mol. The number of nitrogens with zero attached hydrogens (tertiary/aromatic N) is 4. The van der Waals surface area contributed by atoms with Gasteiger partial charge < -0.3 is 19.1 Å². The topological polar surface area (TPSA) is 50.6 Å². The number of hydrogen-bond acceptors (Lipinski definition) is 5. The number of amides is 1. The molecule has 1 spiro atoms. The lowest BCUT2D eigenvalue weighted by atomic mass is 9.89. The van der Waals surface area contributed by atoms with Crippen molar-refractivity contribution in [3.63, 3.8) is 0 Å². The number of methoxy groups -OCH3 is 1. The molecule has 150 valence electrons. The number of hydrogen-bond donors (Lipinski definition) is 0. The number of rotatable bonds is 5. The molecule has 1 fully saturated rings. The quantitative estimate of drug-likeness (QED) is 0.651. The van der Waals surface area contributed by atoms with Crippen LogP contribution < -0.4 is 4.90 Å². The normalized spacial score (nSPS) is 20.2. The molecule has 0 N–H and O–H groups in total. The maximum Gasteiger partial charge on any atom is 0.227 e. The Kier molecular flexibility index (Phi) is 4.64. The van der Waals surface area contributed by atoms with Gasteiger partial charge in [0.2, 0.25) is 5.91 Å². The molecule has 2 aliphatic rings. The number of carbonyl (C=O) groups is 1. The standard InChI is InChI=1S/C22H24N4O2S/c1-28-12-11-26-18-4-2-8-23-21(18)25-9-3-5-19(25)22(26)7-10-24(16-22)20(27)14-17-6-13-29-15-17/h2-6,8-9,13,15H,7,10-12,14,16H2,1H3/t22-/m1/s1. The molecule has 3 aromatic rings. The van der Waals surface area contributed by atoms with Crippen molar-refractivity contribution in [3.05, 3.63) is 64.7 Å². The van der Waals surface area contributed by atoms with Crippen molar-refractivity contribution >= 4 is 22.9 Å². The van der Waals surface area contributed by atoms with E-state index in [-0.39, 0.29) is 11.4 Å². The van der Waals surface area contributed by atoms with E-state index in [1.165, 1.54) is 5.69 Å². The Morgan fingerprint density at radius 2 is 2.24 bits per heavy atom. The number of fused-ring (bicyclic) bond motifs is 4. The summed E-state index contributed by atoms with van der Waals surface area (Å²) in [5, 5.41) is 4.08. The molecule has 2 aliphatic heterocycles. The van der Waals surface area contributed by atoms with E-state index in [0.717, 1.165) is 36.6 Å². The van der Waals surface area contributed by atoms with Crippen LogP contribution in [-0.2, 0) is 21.5 Å². The average molecular weight is 409 g/mol. The van der Waals surface area contributed by atoms with E-state index < -0.39 is 0 Å². The molecule has 0 aliphatic carbocycles. The van der Waals surface area contributed by atoms with Gasteiger partial charge in [-0.25, -0.2) is 4.98 Å². The molecule has 0 aromatic carbocycles. The highest BCUT2D eigenvalue weighted by atomic mass is 32.1. The summed E-state index contributed by atoms with van der Waals surface area (Å²) < 4.78 is 7.61. The number of likely N-dealkylation sites (tertiary alicyclic amines) is 1. The lowest BCUT2D eigenvalue weighted by molar-refractivity contribution is -0.129. The number of pyridine rings is 1. The highest BCUT2D eigenvalue weighted by molar-refractivity contribution is 7.08. The van der Waals surface area contributed by atoms with E-state index >= 15 is 0 Å². The number of aromatic nitrogens is 2. The average Bonchev–Trinajstić information content (AvgIpc) is 3.49. The van der Waals surface area contributed by atoms with Crippen molar-refractivity contribution < 1.29 is 9.53 Å². The van der Waals surface area contributed by atoms with Gasteiger partial charge in [-0.15, -0.1) is 0 Å². The Morgan fingerprint density at radius 1 is 1.31 bits per heavy atom. The first kappa shape index (κ1) is 18.4. The fourth-order valence-corrected chi connectivity index (χ4v) is 5.40. The lowest BCUT2D eigenvalue weighted by Crippen LogP contribution is -2.53. The molecule has 1 amide bonds. The molecule has 5 heterocycles. The minimum absolute atomic E-state index is 0.196. The van der Waals surface area contributed by atoms with E-state index in [9.17, 15) is 4.79 Å². The van der Waals surface area contributed by atoms with Crippen LogP contribution in [0.3, 0.4) is 0 Å². The van der Waals surface area contributed by atoms with Gasteiger partial charge in [-0.1, -0.05) is 0 Å². The molecule has 0 radical (unpaired) electrons. The summed E-state index contributed by atoms with van der Waals surface area (Å²) in [5.41, 5.74) is 3.13. The Bertz CT molecular complexity index is 1020. The van der Waals surface area contributed by atoms with Crippen LogP contribution in [0, 0.1) is 0 Å². The van der Waals surface area contributed by atoms with Crippen LogP contribution >= 0.6 is 11.3 Å². The molecule has 3 aromatic heterocycles. The second kappa shape index (κ2) is 7.31. The number of ether oxygens (including phenoxy) is 1. The Balaban J connectivity index is 1.51. The molecule has 29 heavy (non-hydrogen) atoms. The first-order valence-corrected chi connectivity index (χ1v) is 10.9. The molecule has 0 bridgehead atoms. The van der Waals surface area contributed by atoms with E-state index in [4.69, 9.17) is 4.74 Å². The Hall–Kier alpha value is -2.64. The first-order chi connectivity index (χ1) is 14.2. The van der Waals surface area contributed by atoms with Crippen molar-refractivity contribution in [2.24, 2.45) is 0 Å². The summed E-state index contributed by atoms with van der Waals surface area (Å²) in [4.78, 5) is 22.1. The van der Waals surface area contributed by atoms with Crippen molar-refractivity contribution in [2.45, 2.75) is 18.4 Å². The number of anilines is 1. The summed E-state index contributed by atoms with van der Waals surface area (Å²) >= 11 is 1.64. The minimum atomic E-state index is -0.262. The van der Waals surface area contributed by atoms with Crippen LogP contribution in [0.25, 0.3) is 5.82 Å². The Labute approximate surface area is 174 Å². The van der Waals surface area contributed by atoms with Crippen LogP contribution in [-0.4, -0.2) is 53.7 Å². The fraction of sp³-hybridized carbons (Fsp3) is 0.364.